The van der Waals surface area contributed by atoms with Crippen LogP contribution in [0.5, 0.6) is 5.88 Å². The number of carbonyl (C=O) groups excluding carboxylic acids is 1. The first-order valence-corrected chi connectivity index (χ1v) is 11.0. The summed E-state index contributed by atoms with van der Waals surface area (Å²) in [5, 5.41) is 13.5. The number of ether oxygens (including phenoxy) is 1. The minimum absolute atomic E-state index is 0.0238. The molecule has 0 bridgehead atoms. The van der Waals surface area contributed by atoms with Crippen molar-refractivity contribution < 1.29 is 9.53 Å². The summed E-state index contributed by atoms with van der Waals surface area (Å²) in [6.45, 7) is 3.00. The van der Waals surface area contributed by atoms with Gasteiger partial charge in [-0.3, -0.25) is 4.79 Å². The van der Waals surface area contributed by atoms with Crippen molar-refractivity contribution >= 4 is 16.8 Å². The molecule has 8 nitrogen and oxygen atoms in total. The van der Waals surface area contributed by atoms with Gasteiger partial charge in [-0.1, -0.05) is 18.2 Å². The topological polar surface area (TPSA) is 104 Å². The number of benzene rings is 2. The number of methoxy groups -OCH3 is 1. The number of nitriles is 1. The summed E-state index contributed by atoms with van der Waals surface area (Å²) < 4.78 is 5.16. The molecule has 1 fully saturated rings. The highest BCUT2D eigenvalue weighted by atomic mass is 16.5. The van der Waals surface area contributed by atoms with Gasteiger partial charge in [-0.25, -0.2) is 15.0 Å². The average molecular weight is 451 g/mol. The van der Waals surface area contributed by atoms with Crippen LogP contribution in [0.25, 0.3) is 33.3 Å². The monoisotopic (exact) mass is 450 g/mol. The first-order valence-electron chi connectivity index (χ1n) is 11.0. The van der Waals surface area contributed by atoms with Crippen molar-refractivity contribution in [2.24, 2.45) is 0 Å². The number of hydrogen-bond acceptors (Lipinski definition) is 7. The standard InChI is InChI=1S/C26H22N6O2/c1-34-25-20(14-27)12-21(15-29-25)17-5-6-23-22(13-17)24(31-16-30-23)18-3-2-4-19(11-18)26(33)32-9-7-28-8-10-32/h2-6,11-13,15-16,28H,7-10H2,1H3. The van der Waals surface area contributed by atoms with Crippen LogP contribution in [0.3, 0.4) is 0 Å². The second-order valence-electron chi connectivity index (χ2n) is 7.97. The Morgan fingerprint density at radius 2 is 1.88 bits per heavy atom. The smallest absolute Gasteiger partial charge is 0.253 e. The molecule has 2 aromatic heterocycles. The van der Waals surface area contributed by atoms with Gasteiger partial charge in [-0.2, -0.15) is 5.26 Å². The number of aromatic nitrogens is 3. The molecule has 0 saturated carbocycles. The summed E-state index contributed by atoms with van der Waals surface area (Å²) in [6, 6.07) is 17.3. The second-order valence-corrected chi connectivity index (χ2v) is 7.97. The van der Waals surface area contributed by atoms with Crippen molar-refractivity contribution in [2.75, 3.05) is 33.3 Å². The number of hydrogen-bond donors (Lipinski definition) is 1. The molecule has 1 amide bonds. The number of pyridine rings is 1. The van der Waals surface area contributed by atoms with E-state index >= 15 is 0 Å². The lowest BCUT2D eigenvalue weighted by Crippen LogP contribution is -2.46. The molecular formula is C26H22N6O2. The van der Waals surface area contributed by atoms with Crippen LogP contribution in [0.1, 0.15) is 15.9 Å². The average Bonchev–Trinajstić information content (AvgIpc) is 2.92. The van der Waals surface area contributed by atoms with Crippen LogP contribution in [-0.2, 0) is 0 Å². The van der Waals surface area contributed by atoms with Crippen LogP contribution >= 0.6 is 0 Å². The zero-order valence-electron chi connectivity index (χ0n) is 18.7. The highest BCUT2D eigenvalue weighted by Crippen LogP contribution is 2.31. The van der Waals surface area contributed by atoms with E-state index in [0.717, 1.165) is 46.4 Å². The molecule has 1 saturated heterocycles. The van der Waals surface area contributed by atoms with E-state index in [4.69, 9.17) is 4.74 Å². The van der Waals surface area contributed by atoms with Gasteiger partial charge < -0.3 is 15.0 Å². The summed E-state index contributed by atoms with van der Waals surface area (Å²) in [4.78, 5) is 28.1. The molecule has 1 aliphatic heterocycles. The lowest BCUT2D eigenvalue weighted by atomic mass is 9.99. The van der Waals surface area contributed by atoms with Crippen molar-refractivity contribution in [3.8, 4) is 34.3 Å². The van der Waals surface area contributed by atoms with Crippen LogP contribution in [0.4, 0.5) is 0 Å². The van der Waals surface area contributed by atoms with E-state index in [9.17, 15) is 10.1 Å². The normalized spacial score (nSPS) is 13.5. The fourth-order valence-corrected chi connectivity index (χ4v) is 4.17. The molecule has 3 heterocycles. The predicted molar refractivity (Wildman–Crippen MR) is 128 cm³/mol. The number of nitrogens with one attached hydrogen (secondary N) is 1. The van der Waals surface area contributed by atoms with E-state index < -0.39 is 0 Å². The quantitative estimate of drug-likeness (QED) is 0.509. The van der Waals surface area contributed by atoms with Gasteiger partial charge in [0.1, 0.15) is 18.0 Å². The van der Waals surface area contributed by atoms with Gasteiger partial charge in [-0.05, 0) is 35.9 Å². The highest BCUT2D eigenvalue weighted by Gasteiger charge is 2.19. The largest absolute Gasteiger partial charge is 0.480 e. The third-order valence-corrected chi connectivity index (χ3v) is 5.92. The van der Waals surface area contributed by atoms with Gasteiger partial charge in [0.2, 0.25) is 5.88 Å². The number of nitrogens with zero attached hydrogens (tertiary/aromatic N) is 5. The fraction of sp³-hybridized carbons (Fsp3) is 0.192. The summed E-state index contributed by atoms with van der Waals surface area (Å²) >= 11 is 0. The Labute approximate surface area is 196 Å². The second kappa shape index (κ2) is 9.25. The molecule has 168 valence electrons. The third-order valence-electron chi connectivity index (χ3n) is 5.92. The maximum atomic E-state index is 13.0. The lowest BCUT2D eigenvalue weighted by molar-refractivity contribution is 0.0736. The molecule has 1 N–H and O–H groups in total. The molecule has 0 atom stereocenters. The van der Waals surface area contributed by atoms with Gasteiger partial charge in [0.15, 0.2) is 0 Å². The van der Waals surface area contributed by atoms with Crippen molar-refractivity contribution in [3.63, 3.8) is 0 Å². The SMILES string of the molecule is COc1ncc(-c2ccc3ncnc(-c4cccc(C(=O)N5CCNCC5)c4)c3c2)cc1C#N. The Bertz CT molecular complexity index is 1420. The van der Waals surface area contributed by atoms with E-state index in [1.54, 1.807) is 12.3 Å². The maximum absolute atomic E-state index is 13.0. The lowest BCUT2D eigenvalue weighted by Gasteiger charge is -2.27. The van der Waals surface area contributed by atoms with Gasteiger partial charge in [0.05, 0.1) is 18.3 Å². The van der Waals surface area contributed by atoms with Crippen molar-refractivity contribution in [3.05, 3.63) is 72.2 Å². The third kappa shape index (κ3) is 4.05. The Kier molecular flexibility index (Phi) is 5.85. The molecule has 2 aromatic carbocycles. The molecule has 5 rings (SSSR count). The van der Waals surface area contributed by atoms with Crippen LogP contribution in [0, 0.1) is 11.3 Å². The zero-order chi connectivity index (χ0) is 23.5. The molecule has 0 unspecified atom stereocenters. The summed E-state index contributed by atoms with van der Waals surface area (Å²) in [7, 11) is 1.49. The van der Waals surface area contributed by atoms with Crippen molar-refractivity contribution in [2.45, 2.75) is 0 Å². The minimum Gasteiger partial charge on any atom is -0.480 e. The Hall–Kier alpha value is -4.35. The molecule has 0 radical (unpaired) electrons. The van der Waals surface area contributed by atoms with Crippen molar-refractivity contribution in [1.82, 2.24) is 25.2 Å². The number of carbonyl (C=O) groups is 1. The van der Waals surface area contributed by atoms with Crippen LogP contribution < -0.4 is 10.1 Å². The summed E-state index contributed by atoms with van der Waals surface area (Å²) in [5.41, 5.74) is 5.04. The zero-order valence-corrected chi connectivity index (χ0v) is 18.7. The molecule has 34 heavy (non-hydrogen) atoms. The fourth-order valence-electron chi connectivity index (χ4n) is 4.17. The van der Waals surface area contributed by atoms with E-state index in [0.29, 0.717) is 30.1 Å². The number of fused-ring (bicyclic) bond motifs is 1. The maximum Gasteiger partial charge on any atom is 0.253 e. The Morgan fingerprint density at radius 3 is 2.68 bits per heavy atom. The highest BCUT2D eigenvalue weighted by molar-refractivity contribution is 5.98. The molecule has 4 aromatic rings. The van der Waals surface area contributed by atoms with Crippen LogP contribution in [0.2, 0.25) is 0 Å². The van der Waals surface area contributed by atoms with Crippen LogP contribution in [-0.4, -0.2) is 59.0 Å². The van der Waals surface area contributed by atoms with E-state index in [-0.39, 0.29) is 5.91 Å². The summed E-state index contributed by atoms with van der Waals surface area (Å²) in [6.07, 6.45) is 3.21. The predicted octanol–water partition coefficient (Wildman–Crippen LogP) is 3.28. The first-order chi connectivity index (χ1) is 16.7. The number of piperazine rings is 1. The molecule has 0 spiro atoms. The summed E-state index contributed by atoms with van der Waals surface area (Å²) in [5.74, 6) is 0.317. The van der Waals surface area contributed by atoms with Gasteiger partial charge in [0.25, 0.3) is 5.91 Å². The Balaban J connectivity index is 1.56. The first kappa shape index (κ1) is 21.5. The molecular weight excluding hydrogens is 428 g/mol. The Morgan fingerprint density at radius 1 is 1.03 bits per heavy atom. The minimum atomic E-state index is 0.0238. The molecule has 0 aliphatic carbocycles. The molecule has 1 aliphatic rings. The van der Waals surface area contributed by atoms with E-state index in [2.05, 4.69) is 26.3 Å². The van der Waals surface area contributed by atoms with Crippen LogP contribution in [0.15, 0.2) is 61.1 Å². The van der Waals surface area contributed by atoms with Gasteiger partial charge in [0, 0.05) is 54.5 Å². The van der Waals surface area contributed by atoms with E-state index in [1.807, 2.05) is 47.4 Å². The number of rotatable bonds is 4. The van der Waals surface area contributed by atoms with E-state index in [1.165, 1.54) is 13.4 Å². The van der Waals surface area contributed by atoms with Crippen molar-refractivity contribution in [1.29, 1.82) is 5.26 Å². The molecule has 8 heteroatoms. The number of amides is 1. The van der Waals surface area contributed by atoms with Gasteiger partial charge in [-0.15, -0.1) is 0 Å². The van der Waals surface area contributed by atoms with Gasteiger partial charge >= 0.3 is 0 Å².